The van der Waals surface area contributed by atoms with Gasteiger partial charge in [-0.1, -0.05) is 11.6 Å². The average molecular weight is 200 g/mol. The molecule has 0 bridgehead atoms. The molecule has 4 heteroatoms. The van der Waals surface area contributed by atoms with Crippen LogP contribution in [0, 0.1) is 0 Å². The number of benzene rings is 1. The van der Waals surface area contributed by atoms with Crippen molar-refractivity contribution in [3.63, 3.8) is 0 Å². The maximum atomic E-state index is 5.86. The van der Waals surface area contributed by atoms with Crippen molar-refractivity contribution in [1.82, 2.24) is 4.98 Å². The Labute approximate surface area is 78.8 Å². The van der Waals surface area contributed by atoms with Crippen LogP contribution in [0.25, 0.3) is 10.2 Å². The molecule has 2 rings (SSSR count). The van der Waals surface area contributed by atoms with Crippen LogP contribution in [0.1, 0.15) is 0 Å². The second-order valence-corrected chi connectivity index (χ2v) is 3.63. The van der Waals surface area contributed by atoms with E-state index in [1.165, 1.54) is 0 Å². The third-order valence-corrected chi connectivity index (χ3v) is 2.58. The van der Waals surface area contributed by atoms with Gasteiger partial charge in [0.25, 0.3) is 0 Å². The molecule has 1 aromatic heterocycles. The summed E-state index contributed by atoms with van der Waals surface area (Å²) in [5.41, 5.74) is 2.66. The molecule has 1 heterocycles. The number of halogens is 1. The molecule has 0 aliphatic heterocycles. The fraction of sp³-hybridized carbons (Fsp3) is 0.125. The van der Waals surface area contributed by atoms with Gasteiger partial charge < -0.3 is 4.74 Å². The van der Waals surface area contributed by atoms with E-state index < -0.39 is 0 Å². The Kier molecular flexibility index (Phi) is 1.90. The van der Waals surface area contributed by atoms with E-state index in [0.717, 1.165) is 16.0 Å². The predicted octanol–water partition coefficient (Wildman–Crippen LogP) is 2.96. The minimum Gasteiger partial charge on any atom is -0.494 e. The van der Waals surface area contributed by atoms with E-state index in [1.807, 2.05) is 6.07 Å². The average Bonchev–Trinajstić information content (AvgIpc) is 2.50. The van der Waals surface area contributed by atoms with E-state index >= 15 is 0 Å². The largest absolute Gasteiger partial charge is 0.494 e. The fourth-order valence-corrected chi connectivity index (χ4v) is 2.06. The Morgan fingerprint density at radius 1 is 1.50 bits per heavy atom. The quantitative estimate of drug-likeness (QED) is 0.705. The molecule has 2 aromatic rings. The lowest BCUT2D eigenvalue weighted by Crippen LogP contribution is -1.83. The molecule has 0 atom stereocenters. The van der Waals surface area contributed by atoms with Crippen LogP contribution >= 0.6 is 22.9 Å². The summed E-state index contributed by atoms with van der Waals surface area (Å²) in [7, 11) is 1.62. The summed E-state index contributed by atoms with van der Waals surface area (Å²) in [6.45, 7) is 0. The Bertz CT molecular complexity index is 412. The Hall–Kier alpha value is -0.800. The van der Waals surface area contributed by atoms with Crippen LogP contribution < -0.4 is 4.74 Å². The van der Waals surface area contributed by atoms with Gasteiger partial charge in [0, 0.05) is 11.1 Å². The molecule has 0 radical (unpaired) electrons. The number of rotatable bonds is 1. The highest BCUT2D eigenvalue weighted by Gasteiger charge is 2.05. The summed E-state index contributed by atoms with van der Waals surface area (Å²) in [4.78, 5) is 4.17. The van der Waals surface area contributed by atoms with Crippen molar-refractivity contribution in [2.24, 2.45) is 0 Å². The monoisotopic (exact) mass is 199 g/mol. The van der Waals surface area contributed by atoms with E-state index in [1.54, 1.807) is 30.0 Å². The number of ether oxygens (including phenoxy) is 1. The SMILES string of the molecule is COc1cc(Cl)cc2scnc12. The second-order valence-electron chi connectivity index (χ2n) is 2.31. The molecule has 0 unspecified atom stereocenters. The van der Waals surface area contributed by atoms with E-state index in [-0.39, 0.29) is 0 Å². The third kappa shape index (κ3) is 1.15. The summed E-state index contributed by atoms with van der Waals surface area (Å²) < 4.78 is 6.18. The number of nitrogens with zero attached hydrogens (tertiary/aromatic N) is 1. The van der Waals surface area contributed by atoms with E-state index in [4.69, 9.17) is 16.3 Å². The van der Waals surface area contributed by atoms with Gasteiger partial charge in [0.2, 0.25) is 0 Å². The lowest BCUT2D eigenvalue weighted by molar-refractivity contribution is 0.419. The van der Waals surface area contributed by atoms with Gasteiger partial charge in [-0.25, -0.2) is 4.98 Å². The van der Waals surface area contributed by atoms with Crippen LogP contribution in [-0.2, 0) is 0 Å². The van der Waals surface area contributed by atoms with Crippen molar-refractivity contribution in [1.29, 1.82) is 0 Å². The van der Waals surface area contributed by atoms with Crippen molar-refractivity contribution in [2.75, 3.05) is 7.11 Å². The number of fused-ring (bicyclic) bond motifs is 1. The molecule has 0 amide bonds. The third-order valence-electron chi connectivity index (χ3n) is 1.59. The summed E-state index contributed by atoms with van der Waals surface area (Å²) >= 11 is 7.41. The first-order valence-electron chi connectivity index (χ1n) is 3.38. The molecule has 0 spiro atoms. The molecule has 0 aliphatic rings. The lowest BCUT2D eigenvalue weighted by atomic mass is 10.3. The van der Waals surface area contributed by atoms with Crippen LogP contribution in [0.4, 0.5) is 0 Å². The van der Waals surface area contributed by atoms with Crippen molar-refractivity contribution in [3.05, 3.63) is 22.7 Å². The van der Waals surface area contributed by atoms with Gasteiger partial charge >= 0.3 is 0 Å². The van der Waals surface area contributed by atoms with E-state index in [9.17, 15) is 0 Å². The maximum absolute atomic E-state index is 5.86. The molecule has 62 valence electrons. The summed E-state index contributed by atoms with van der Waals surface area (Å²) in [5.74, 6) is 0.735. The van der Waals surface area contributed by atoms with Gasteiger partial charge in [0.1, 0.15) is 11.3 Å². The molecule has 0 N–H and O–H groups in total. The Balaban J connectivity index is 2.80. The summed E-state index contributed by atoms with van der Waals surface area (Å²) in [6, 6.07) is 3.65. The first-order valence-corrected chi connectivity index (χ1v) is 4.64. The number of aromatic nitrogens is 1. The van der Waals surface area contributed by atoms with E-state index in [0.29, 0.717) is 5.02 Å². The maximum Gasteiger partial charge on any atom is 0.147 e. The molecule has 1 aromatic carbocycles. The van der Waals surface area contributed by atoms with Crippen LogP contribution in [-0.4, -0.2) is 12.1 Å². The second kappa shape index (κ2) is 2.92. The molecule has 0 fully saturated rings. The number of methoxy groups -OCH3 is 1. The van der Waals surface area contributed by atoms with Crippen molar-refractivity contribution < 1.29 is 4.74 Å². The Morgan fingerprint density at radius 3 is 3.08 bits per heavy atom. The van der Waals surface area contributed by atoms with Crippen LogP contribution in [0.2, 0.25) is 5.02 Å². The normalized spacial score (nSPS) is 10.5. The molecular formula is C8H6ClNOS. The fourth-order valence-electron chi connectivity index (χ4n) is 1.06. The van der Waals surface area contributed by atoms with Crippen molar-refractivity contribution in [2.45, 2.75) is 0 Å². The minimum absolute atomic E-state index is 0.684. The molecule has 0 saturated carbocycles. The zero-order valence-corrected chi connectivity index (χ0v) is 7.95. The zero-order chi connectivity index (χ0) is 8.55. The Morgan fingerprint density at radius 2 is 2.33 bits per heavy atom. The number of hydrogen-bond donors (Lipinski definition) is 0. The first-order chi connectivity index (χ1) is 5.81. The highest BCUT2D eigenvalue weighted by Crippen LogP contribution is 2.30. The topological polar surface area (TPSA) is 22.1 Å². The minimum atomic E-state index is 0.684. The number of hydrogen-bond acceptors (Lipinski definition) is 3. The van der Waals surface area contributed by atoms with Gasteiger partial charge in [-0.15, -0.1) is 11.3 Å². The van der Waals surface area contributed by atoms with Gasteiger partial charge in [-0.2, -0.15) is 0 Å². The first kappa shape index (κ1) is 7.83. The lowest BCUT2D eigenvalue weighted by Gasteiger charge is -2.00. The van der Waals surface area contributed by atoms with Crippen molar-refractivity contribution in [3.8, 4) is 5.75 Å². The molecule has 12 heavy (non-hydrogen) atoms. The van der Waals surface area contributed by atoms with Gasteiger partial charge in [-0.05, 0) is 6.07 Å². The zero-order valence-electron chi connectivity index (χ0n) is 6.37. The molecule has 2 nitrogen and oxygen atoms in total. The van der Waals surface area contributed by atoms with E-state index in [2.05, 4.69) is 4.98 Å². The van der Waals surface area contributed by atoms with Crippen molar-refractivity contribution >= 4 is 33.2 Å². The predicted molar refractivity (Wildman–Crippen MR) is 51.2 cm³/mol. The standard InChI is InChI=1S/C8H6ClNOS/c1-11-6-2-5(9)3-7-8(6)10-4-12-7/h2-4H,1H3. The van der Waals surface area contributed by atoms with Crippen LogP contribution in [0.5, 0.6) is 5.75 Å². The highest BCUT2D eigenvalue weighted by molar-refractivity contribution is 7.16. The van der Waals surface area contributed by atoms with Gasteiger partial charge in [-0.3, -0.25) is 0 Å². The molecule has 0 aliphatic carbocycles. The van der Waals surface area contributed by atoms with Crippen LogP contribution in [0.3, 0.4) is 0 Å². The summed E-state index contributed by atoms with van der Waals surface area (Å²) in [5, 5.41) is 0.684. The molecular weight excluding hydrogens is 194 g/mol. The summed E-state index contributed by atoms with van der Waals surface area (Å²) in [6.07, 6.45) is 0. The number of thiazole rings is 1. The van der Waals surface area contributed by atoms with Crippen LogP contribution in [0.15, 0.2) is 17.6 Å². The van der Waals surface area contributed by atoms with Gasteiger partial charge in [0.05, 0.1) is 17.3 Å². The molecule has 0 saturated heterocycles. The highest BCUT2D eigenvalue weighted by atomic mass is 35.5. The van der Waals surface area contributed by atoms with Gasteiger partial charge in [0.15, 0.2) is 0 Å². The smallest absolute Gasteiger partial charge is 0.147 e.